The Morgan fingerprint density at radius 2 is 2.00 bits per heavy atom. The van der Waals surface area contributed by atoms with E-state index in [1.54, 1.807) is 41.0 Å². The summed E-state index contributed by atoms with van der Waals surface area (Å²) >= 11 is 12.1. The molecule has 0 fully saturated rings. The fourth-order valence-electron chi connectivity index (χ4n) is 2.67. The molecule has 144 valence electrons. The molecule has 0 unspecified atom stereocenters. The number of anilines is 2. The van der Waals surface area contributed by atoms with E-state index >= 15 is 0 Å². The molecule has 9 heteroatoms. The number of nitrogens with zero attached hydrogens (tertiary/aromatic N) is 4. The number of nitrogens with one attached hydrogen (secondary N) is 2. The second-order valence-electron chi connectivity index (χ2n) is 7.33. The van der Waals surface area contributed by atoms with Crippen LogP contribution in [0, 0.1) is 0 Å². The van der Waals surface area contributed by atoms with Crippen molar-refractivity contribution < 1.29 is 0 Å². The van der Waals surface area contributed by atoms with Gasteiger partial charge >= 0.3 is 0 Å². The summed E-state index contributed by atoms with van der Waals surface area (Å²) in [6, 6.07) is 5.22. The second-order valence-corrected chi connectivity index (χ2v) is 8.14. The first-order chi connectivity index (χ1) is 12.7. The van der Waals surface area contributed by atoms with Gasteiger partial charge < -0.3 is 10.2 Å². The Morgan fingerprint density at radius 1 is 1.26 bits per heavy atom. The quantitative estimate of drug-likeness (QED) is 0.674. The van der Waals surface area contributed by atoms with Crippen molar-refractivity contribution in [3.8, 4) is 0 Å². The highest BCUT2D eigenvalue weighted by molar-refractivity contribution is 6.42. The maximum Gasteiger partial charge on any atom is 0.278 e. The van der Waals surface area contributed by atoms with Crippen molar-refractivity contribution in [2.75, 3.05) is 18.5 Å². The molecule has 1 aromatic carbocycles. The SMILES string of the molecule is CN(c1ccc(Cl)c(Cl)c1)c1nc2cnn(CCNC(C)(C)C)c2c(=O)[nH]1. The average Bonchev–Trinajstić information content (AvgIpc) is 2.99. The summed E-state index contributed by atoms with van der Waals surface area (Å²) in [5.41, 5.74) is 1.51. The molecule has 0 amide bonds. The summed E-state index contributed by atoms with van der Waals surface area (Å²) < 4.78 is 1.67. The molecule has 0 atom stereocenters. The summed E-state index contributed by atoms with van der Waals surface area (Å²) in [7, 11) is 1.79. The third-order valence-electron chi connectivity index (χ3n) is 4.07. The maximum atomic E-state index is 12.6. The molecule has 2 heterocycles. The first kappa shape index (κ1) is 19.7. The largest absolute Gasteiger partial charge is 0.315 e. The van der Waals surface area contributed by atoms with Crippen molar-refractivity contribution in [1.29, 1.82) is 0 Å². The number of hydrogen-bond acceptors (Lipinski definition) is 5. The lowest BCUT2D eigenvalue weighted by Gasteiger charge is -2.20. The summed E-state index contributed by atoms with van der Waals surface area (Å²) in [6.07, 6.45) is 1.61. The summed E-state index contributed by atoms with van der Waals surface area (Å²) in [4.78, 5) is 21.7. The molecule has 3 rings (SSSR count). The molecule has 0 saturated heterocycles. The Bertz CT molecular complexity index is 1020. The molecule has 27 heavy (non-hydrogen) atoms. The number of aromatic nitrogens is 4. The lowest BCUT2D eigenvalue weighted by Crippen LogP contribution is -2.38. The molecule has 2 aromatic heterocycles. The molecule has 7 nitrogen and oxygen atoms in total. The highest BCUT2D eigenvalue weighted by atomic mass is 35.5. The van der Waals surface area contributed by atoms with Gasteiger partial charge in [-0.25, -0.2) is 4.98 Å². The van der Waals surface area contributed by atoms with Crippen molar-refractivity contribution >= 4 is 45.9 Å². The van der Waals surface area contributed by atoms with Gasteiger partial charge in [-0.05, 0) is 39.0 Å². The van der Waals surface area contributed by atoms with E-state index in [1.165, 1.54) is 0 Å². The lowest BCUT2D eigenvalue weighted by atomic mass is 10.1. The van der Waals surface area contributed by atoms with Gasteiger partial charge in [-0.15, -0.1) is 0 Å². The van der Waals surface area contributed by atoms with Crippen molar-refractivity contribution in [2.45, 2.75) is 32.9 Å². The van der Waals surface area contributed by atoms with Crippen LogP contribution in [-0.2, 0) is 6.54 Å². The fraction of sp³-hybridized carbons (Fsp3) is 0.389. The monoisotopic (exact) mass is 408 g/mol. The van der Waals surface area contributed by atoms with Crippen LogP contribution >= 0.6 is 23.2 Å². The van der Waals surface area contributed by atoms with Crippen molar-refractivity contribution in [3.05, 3.63) is 44.8 Å². The summed E-state index contributed by atoms with van der Waals surface area (Å²) in [6.45, 7) is 7.55. The van der Waals surface area contributed by atoms with Crippen LogP contribution in [-0.4, -0.2) is 38.9 Å². The topological polar surface area (TPSA) is 78.8 Å². The van der Waals surface area contributed by atoms with E-state index in [-0.39, 0.29) is 11.1 Å². The van der Waals surface area contributed by atoms with Crippen molar-refractivity contribution in [2.24, 2.45) is 0 Å². The predicted octanol–water partition coefficient (Wildman–Crippen LogP) is 3.58. The fourth-order valence-corrected chi connectivity index (χ4v) is 2.97. The predicted molar refractivity (Wildman–Crippen MR) is 110 cm³/mol. The summed E-state index contributed by atoms with van der Waals surface area (Å²) in [5.74, 6) is 0.401. The van der Waals surface area contributed by atoms with Crippen molar-refractivity contribution in [3.63, 3.8) is 0 Å². The summed E-state index contributed by atoms with van der Waals surface area (Å²) in [5, 5.41) is 8.59. The van der Waals surface area contributed by atoms with Gasteiger partial charge in [0, 0.05) is 24.8 Å². The average molecular weight is 409 g/mol. The zero-order chi connectivity index (χ0) is 19.8. The zero-order valence-corrected chi connectivity index (χ0v) is 17.2. The van der Waals surface area contributed by atoms with Crippen molar-refractivity contribution in [1.82, 2.24) is 25.1 Å². The minimum absolute atomic E-state index is 0.00334. The minimum atomic E-state index is -0.241. The third kappa shape index (κ3) is 4.43. The van der Waals surface area contributed by atoms with Crippen LogP contribution in [0.15, 0.2) is 29.2 Å². The van der Waals surface area contributed by atoms with Crippen LogP contribution in [0.3, 0.4) is 0 Å². The Balaban J connectivity index is 1.89. The van der Waals surface area contributed by atoms with Crippen LogP contribution in [0.2, 0.25) is 10.0 Å². The van der Waals surface area contributed by atoms with Gasteiger partial charge in [0.1, 0.15) is 5.52 Å². The number of benzene rings is 1. The molecule has 3 aromatic rings. The van der Waals surface area contributed by atoms with E-state index in [0.29, 0.717) is 40.1 Å². The zero-order valence-electron chi connectivity index (χ0n) is 15.7. The van der Waals surface area contributed by atoms with E-state index in [0.717, 1.165) is 5.69 Å². The Hall–Kier alpha value is -2.09. The molecule has 0 saturated carbocycles. The van der Waals surface area contributed by atoms with E-state index in [4.69, 9.17) is 23.2 Å². The number of aromatic amines is 1. The van der Waals surface area contributed by atoms with E-state index < -0.39 is 0 Å². The molecule has 0 radical (unpaired) electrons. The van der Waals surface area contributed by atoms with Gasteiger partial charge in [0.05, 0.1) is 22.8 Å². The molecule has 0 aliphatic carbocycles. The smallest absolute Gasteiger partial charge is 0.278 e. The Morgan fingerprint density at radius 3 is 2.67 bits per heavy atom. The number of rotatable bonds is 5. The molecular weight excluding hydrogens is 387 g/mol. The molecule has 0 aliphatic rings. The van der Waals surface area contributed by atoms with Crippen LogP contribution in [0.1, 0.15) is 20.8 Å². The standard InChI is InChI=1S/C18H22Cl2N6O/c1-18(2,3)21-7-8-26-15-14(10-22-26)23-17(24-16(15)27)25(4)11-5-6-12(19)13(20)9-11/h5-6,9-10,21H,7-8H2,1-4H3,(H,23,24,27). The van der Waals surface area contributed by atoms with Crippen LogP contribution in [0.5, 0.6) is 0 Å². The first-order valence-electron chi connectivity index (χ1n) is 8.55. The number of hydrogen-bond donors (Lipinski definition) is 2. The maximum absolute atomic E-state index is 12.6. The van der Waals surface area contributed by atoms with Gasteiger partial charge in [-0.1, -0.05) is 23.2 Å². The van der Waals surface area contributed by atoms with Crippen LogP contribution < -0.4 is 15.8 Å². The van der Waals surface area contributed by atoms with Gasteiger partial charge in [0.25, 0.3) is 5.56 Å². The first-order valence-corrected chi connectivity index (χ1v) is 9.31. The number of halogens is 2. The van der Waals surface area contributed by atoms with Gasteiger partial charge in [0.2, 0.25) is 5.95 Å². The van der Waals surface area contributed by atoms with E-state index in [9.17, 15) is 4.79 Å². The third-order valence-corrected chi connectivity index (χ3v) is 4.81. The molecule has 2 N–H and O–H groups in total. The van der Waals surface area contributed by atoms with Gasteiger partial charge in [0.15, 0.2) is 5.52 Å². The number of H-pyrrole nitrogens is 1. The van der Waals surface area contributed by atoms with E-state index in [1.807, 2.05) is 0 Å². The highest BCUT2D eigenvalue weighted by Crippen LogP contribution is 2.29. The highest BCUT2D eigenvalue weighted by Gasteiger charge is 2.15. The Labute approximate surface area is 167 Å². The van der Waals surface area contributed by atoms with Gasteiger partial charge in [-0.2, -0.15) is 5.10 Å². The Kier molecular flexibility index (Phi) is 5.46. The molecule has 0 aliphatic heterocycles. The van der Waals surface area contributed by atoms with Crippen LogP contribution in [0.4, 0.5) is 11.6 Å². The van der Waals surface area contributed by atoms with Crippen LogP contribution in [0.25, 0.3) is 11.0 Å². The lowest BCUT2D eigenvalue weighted by molar-refractivity contribution is 0.407. The molecule has 0 spiro atoms. The van der Waals surface area contributed by atoms with E-state index in [2.05, 4.69) is 41.2 Å². The normalized spacial score (nSPS) is 11.9. The van der Waals surface area contributed by atoms with Gasteiger partial charge in [-0.3, -0.25) is 14.5 Å². The molecule has 0 bridgehead atoms. The molecular formula is C18H22Cl2N6O. The second kappa shape index (κ2) is 7.50. The minimum Gasteiger partial charge on any atom is -0.315 e. The number of fused-ring (bicyclic) bond motifs is 1.